The molecule has 0 aliphatic rings. The smallest absolute Gasteiger partial charge is 0.105 e. The summed E-state index contributed by atoms with van der Waals surface area (Å²) in [5.74, 6) is 1.06. The number of rotatable bonds is 2. The average molecular weight is 192 g/mol. The van der Waals surface area contributed by atoms with E-state index >= 15 is 0 Å². The van der Waals surface area contributed by atoms with E-state index < -0.39 is 0 Å². The maximum atomic E-state index is 3.98. The van der Waals surface area contributed by atoms with Gasteiger partial charge in [0, 0.05) is 37.8 Å². The van der Waals surface area contributed by atoms with Crippen LogP contribution in [-0.4, -0.2) is 19.5 Å². The van der Waals surface area contributed by atoms with Crippen LogP contribution in [-0.2, 0) is 13.0 Å². The summed E-state index contributed by atoms with van der Waals surface area (Å²) in [6.45, 7) is 5.17. The van der Waals surface area contributed by atoms with Gasteiger partial charge in [-0.25, -0.2) is 9.97 Å². The Morgan fingerprint density at radius 3 is 2.50 bits per heavy atom. The van der Waals surface area contributed by atoms with Gasteiger partial charge in [-0.3, -0.25) is 0 Å². The standard InChI is InChI=1S/2C5H8N2/c1-2-7-4-3-6-5-7;1-2-5-6-3-4-7-5/h3-5H,2H2,1H3;3-4H,2H2,1H3,(H,6,7). The molecular weight excluding hydrogens is 176 g/mol. The zero-order chi connectivity index (χ0) is 10.2. The molecule has 14 heavy (non-hydrogen) atoms. The molecule has 2 heterocycles. The molecular formula is C10H16N4. The van der Waals surface area contributed by atoms with Crippen LogP contribution in [0.5, 0.6) is 0 Å². The van der Waals surface area contributed by atoms with Gasteiger partial charge >= 0.3 is 0 Å². The monoisotopic (exact) mass is 192 g/mol. The maximum absolute atomic E-state index is 3.98. The molecule has 4 heteroatoms. The molecule has 0 aromatic carbocycles. The SMILES string of the molecule is CCc1ncc[nH]1.CCn1ccnc1. The second kappa shape index (κ2) is 5.96. The number of aromatic nitrogens is 4. The highest BCUT2D eigenvalue weighted by atomic mass is 15.0. The van der Waals surface area contributed by atoms with E-state index in [1.54, 1.807) is 18.7 Å². The highest BCUT2D eigenvalue weighted by Crippen LogP contribution is 1.85. The number of imidazole rings is 2. The normalized spacial score (nSPS) is 9.29. The second-order valence-corrected chi connectivity index (χ2v) is 2.78. The lowest BCUT2D eigenvalue weighted by Crippen LogP contribution is -1.85. The van der Waals surface area contributed by atoms with Crippen LogP contribution in [0.4, 0.5) is 0 Å². The first-order chi connectivity index (χ1) is 6.86. The van der Waals surface area contributed by atoms with Gasteiger partial charge in [0.1, 0.15) is 5.82 Å². The zero-order valence-electron chi connectivity index (χ0n) is 8.64. The largest absolute Gasteiger partial charge is 0.349 e. The molecule has 4 nitrogen and oxygen atoms in total. The zero-order valence-corrected chi connectivity index (χ0v) is 8.64. The van der Waals surface area contributed by atoms with Crippen LogP contribution >= 0.6 is 0 Å². The first kappa shape index (κ1) is 10.5. The van der Waals surface area contributed by atoms with Crippen LogP contribution in [0.15, 0.2) is 31.1 Å². The minimum atomic E-state index is 0.993. The summed E-state index contributed by atoms with van der Waals surface area (Å²) in [6, 6.07) is 0. The Morgan fingerprint density at radius 1 is 1.36 bits per heavy atom. The van der Waals surface area contributed by atoms with Gasteiger partial charge in [-0.2, -0.15) is 0 Å². The molecule has 0 saturated carbocycles. The molecule has 0 atom stereocenters. The molecule has 2 aromatic rings. The number of H-pyrrole nitrogens is 1. The topological polar surface area (TPSA) is 46.5 Å². The van der Waals surface area contributed by atoms with Crippen LogP contribution in [0.2, 0.25) is 0 Å². The Hall–Kier alpha value is -1.58. The molecule has 0 amide bonds. The third-order valence-electron chi connectivity index (χ3n) is 1.81. The van der Waals surface area contributed by atoms with Gasteiger partial charge in [-0.1, -0.05) is 6.92 Å². The van der Waals surface area contributed by atoms with Crippen molar-refractivity contribution < 1.29 is 0 Å². The van der Waals surface area contributed by atoms with Crippen LogP contribution in [0.1, 0.15) is 19.7 Å². The predicted octanol–water partition coefficient (Wildman–Crippen LogP) is 1.88. The van der Waals surface area contributed by atoms with Crippen molar-refractivity contribution in [2.24, 2.45) is 0 Å². The molecule has 1 N–H and O–H groups in total. The Morgan fingerprint density at radius 2 is 2.21 bits per heavy atom. The van der Waals surface area contributed by atoms with Crippen LogP contribution in [0.3, 0.4) is 0 Å². The van der Waals surface area contributed by atoms with Crippen molar-refractivity contribution in [1.82, 2.24) is 19.5 Å². The van der Waals surface area contributed by atoms with E-state index in [0.717, 1.165) is 18.8 Å². The quantitative estimate of drug-likeness (QED) is 0.789. The highest BCUT2D eigenvalue weighted by molar-refractivity contribution is 4.84. The summed E-state index contributed by atoms with van der Waals surface area (Å²) in [7, 11) is 0. The van der Waals surface area contributed by atoms with E-state index in [9.17, 15) is 0 Å². The number of aryl methyl sites for hydroxylation is 2. The van der Waals surface area contributed by atoms with E-state index in [0.29, 0.717) is 0 Å². The van der Waals surface area contributed by atoms with E-state index in [2.05, 4.69) is 28.8 Å². The fourth-order valence-corrected chi connectivity index (χ4v) is 0.965. The first-order valence-corrected chi connectivity index (χ1v) is 4.80. The van der Waals surface area contributed by atoms with E-state index in [1.165, 1.54) is 0 Å². The van der Waals surface area contributed by atoms with E-state index in [1.807, 2.05) is 17.0 Å². The molecule has 0 fully saturated rings. The van der Waals surface area contributed by atoms with Crippen molar-refractivity contribution >= 4 is 0 Å². The van der Waals surface area contributed by atoms with Gasteiger partial charge in [0.15, 0.2) is 0 Å². The predicted molar refractivity (Wildman–Crippen MR) is 55.9 cm³/mol. The Labute approximate surface area is 84.0 Å². The molecule has 0 aliphatic carbocycles. The second-order valence-electron chi connectivity index (χ2n) is 2.78. The number of hydrogen-bond acceptors (Lipinski definition) is 2. The Bertz CT molecular complexity index is 276. The van der Waals surface area contributed by atoms with Crippen molar-refractivity contribution in [3.05, 3.63) is 36.9 Å². The van der Waals surface area contributed by atoms with Crippen LogP contribution < -0.4 is 0 Å². The fourth-order valence-electron chi connectivity index (χ4n) is 0.965. The van der Waals surface area contributed by atoms with E-state index in [4.69, 9.17) is 0 Å². The first-order valence-electron chi connectivity index (χ1n) is 4.80. The van der Waals surface area contributed by atoms with Crippen LogP contribution in [0, 0.1) is 0 Å². The minimum absolute atomic E-state index is 0.993. The van der Waals surface area contributed by atoms with Gasteiger partial charge in [0.25, 0.3) is 0 Å². The van der Waals surface area contributed by atoms with Gasteiger partial charge in [0.2, 0.25) is 0 Å². The highest BCUT2D eigenvalue weighted by Gasteiger charge is 1.82. The number of nitrogens with one attached hydrogen (secondary N) is 1. The molecule has 0 radical (unpaired) electrons. The molecule has 0 saturated heterocycles. The van der Waals surface area contributed by atoms with Gasteiger partial charge < -0.3 is 9.55 Å². The lowest BCUT2D eigenvalue weighted by atomic mass is 10.5. The molecule has 0 unspecified atom stereocenters. The molecule has 0 spiro atoms. The average Bonchev–Trinajstić information content (AvgIpc) is 2.92. The van der Waals surface area contributed by atoms with Crippen molar-refractivity contribution in [3.63, 3.8) is 0 Å². The summed E-state index contributed by atoms with van der Waals surface area (Å²) in [4.78, 5) is 10.8. The summed E-state index contributed by atoms with van der Waals surface area (Å²) in [5.41, 5.74) is 0. The molecule has 0 bridgehead atoms. The third-order valence-corrected chi connectivity index (χ3v) is 1.81. The molecule has 2 aromatic heterocycles. The van der Waals surface area contributed by atoms with Gasteiger partial charge in [0.05, 0.1) is 6.33 Å². The van der Waals surface area contributed by atoms with Crippen molar-refractivity contribution in [2.75, 3.05) is 0 Å². The van der Waals surface area contributed by atoms with E-state index in [-0.39, 0.29) is 0 Å². The lowest BCUT2D eigenvalue weighted by molar-refractivity contribution is 0.761. The fraction of sp³-hybridized carbons (Fsp3) is 0.400. The summed E-state index contributed by atoms with van der Waals surface area (Å²) < 4.78 is 2.01. The number of aromatic amines is 1. The summed E-state index contributed by atoms with van der Waals surface area (Å²) in [5, 5.41) is 0. The maximum Gasteiger partial charge on any atom is 0.105 e. The van der Waals surface area contributed by atoms with Crippen molar-refractivity contribution in [1.29, 1.82) is 0 Å². The third kappa shape index (κ3) is 3.43. The summed E-state index contributed by atoms with van der Waals surface area (Å²) >= 11 is 0. The van der Waals surface area contributed by atoms with Crippen LogP contribution in [0.25, 0.3) is 0 Å². The van der Waals surface area contributed by atoms with Crippen molar-refractivity contribution in [2.45, 2.75) is 26.8 Å². The van der Waals surface area contributed by atoms with Gasteiger partial charge in [-0.15, -0.1) is 0 Å². The molecule has 0 aliphatic heterocycles. The molecule has 76 valence electrons. The lowest BCUT2D eigenvalue weighted by Gasteiger charge is -1.87. The number of nitrogens with zero attached hydrogens (tertiary/aromatic N) is 3. The summed E-state index contributed by atoms with van der Waals surface area (Å²) in [6.07, 6.45) is 10.1. The van der Waals surface area contributed by atoms with Crippen molar-refractivity contribution in [3.8, 4) is 0 Å². The minimum Gasteiger partial charge on any atom is -0.349 e. The Balaban J connectivity index is 0.000000140. The number of hydrogen-bond donors (Lipinski definition) is 1. The van der Waals surface area contributed by atoms with Gasteiger partial charge in [-0.05, 0) is 6.92 Å². The molecule has 2 rings (SSSR count). The Kier molecular flexibility index (Phi) is 4.47.